The third kappa shape index (κ3) is 1.61. The van der Waals surface area contributed by atoms with Gasteiger partial charge in [-0.1, -0.05) is 13.3 Å². The first-order valence-corrected chi connectivity index (χ1v) is 4.89. The van der Waals surface area contributed by atoms with Crippen LogP contribution in [0.25, 0.3) is 0 Å². The molecule has 0 aromatic carbocycles. The van der Waals surface area contributed by atoms with E-state index in [4.69, 9.17) is 5.84 Å². The number of nitrogens with two attached hydrogens (primary N) is 1. The number of hydrogen-bond acceptors (Lipinski definition) is 2. The molecule has 3 nitrogen and oxygen atoms in total. The summed E-state index contributed by atoms with van der Waals surface area (Å²) in [6.07, 6.45) is 5.06. The van der Waals surface area contributed by atoms with E-state index in [0.29, 0.717) is 12.0 Å². The Morgan fingerprint density at radius 3 is 2.75 bits per heavy atom. The highest BCUT2D eigenvalue weighted by molar-refractivity contribution is 5.86. The monoisotopic (exact) mass is 167 g/mol. The van der Waals surface area contributed by atoms with E-state index in [1.165, 1.54) is 25.7 Å². The molecule has 0 radical (unpaired) electrons. The maximum absolute atomic E-state index is 5.43. The minimum atomic E-state index is 0.592. The maximum Gasteiger partial charge on any atom is 0.114 e. The summed E-state index contributed by atoms with van der Waals surface area (Å²) in [5.41, 5.74) is 2.75. The number of nitrogens with zero attached hydrogens (tertiary/aromatic N) is 1. The molecule has 2 atom stereocenters. The third-order valence-corrected chi connectivity index (χ3v) is 2.81. The molecule has 2 saturated carbocycles. The second-order valence-electron chi connectivity index (χ2n) is 3.90. The van der Waals surface area contributed by atoms with E-state index in [9.17, 15) is 0 Å². The van der Waals surface area contributed by atoms with Gasteiger partial charge in [0.1, 0.15) is 5.84 Å². The second-order valence-corrected chi connectivity index (χ2v) is 3.90. The van der Waals surface area contributed by atoms with Crippen molar-refractivity contribution in [1.29, 1.82) is 0 Å². The fourth-order valence-corrected chi connectivity index (χ4v) is 1.67. The zero-order chi connectivity index (χ0) is 8.55. The summed E-state index contributed by atoms with van der Waals surface area (Å²) < 4.78 is 0. The van der Waals surface area contributed by atoms with Gasteiger partial charge in [-0.3, -0.25) is 4.99 Å². The van der Waals surface area contributed by atoms with Gasteiger partial charge in [0.2, 0.25) is 0 Å². The molecule has 2 aliphatic carbocycles. The molecule has 2 rings (SSSR count). The van der Waals surface area contributed by atoms with Crippen molar-refractivity contribution in [3.05, 3.63) is 0 Å². The molecule has 0 heterocycles. The molecule has 3 N–H and O–H groups in total. The van der Waals surface area contributed by atoms with Gasteiger partial charge in [-0.2, -0.15) is 0 Å². The van der Waals surface area contributed by atoms with Crippen LogP contribution in [0.15, 0.2) is 4.99 Å². The van der Waals surface area contributed by atoms with Crippen LogP contribution in [0.5, 0.6) is 0 Å². The summed E-state index contributed by atoms with van der Waals surface area (Å²) in [5.74, 6) is 7.98. The van der Waals surface area contributed by atoms with E-state index in [1.807, 2.05) is 0 Å². The zero-order valence-electron chi connectivity index (χ0n) is 7.59. The Hall–Kier alpha value is -0.570. The van der Waals surface area contributed by atoms with Crippen molar-refractivity contribution in [3.63, 3.8) is 0 Å². The molecule has 2 aliphatic rings. The molecule has 0 aliphatic heterocycles. The smallest absolute Gasteiger partial charge is 0.114 e. The summed E-state index contributed by atoms with van der Waals surface area (Å²) in [5, 5.41) is 0. The Balaban J connectivity index is 1.90. The Kier molecular flexibility index (Phi) is 2.05. The van der Waals surface area contributed by atoms with Crippen LogP contribution < -0.4 is 11.3 Å². The topological polar surface area (TPSA) is 50.4 Å². The van der Waals surface area contributed by atoms with Crippen LogP contribution in [0, 0.1) is 11.8 Å². The maximum atomic E-state index is 5.43. The van der Waals surface area contributed by atoms with E-state index in [-0.39, 0.29) is 0 Å². The van der Waals surface area contributed by atoms with Gasteiger partial charge in [-0.25, -0.2) is 5.84 Å². The standard InChI is InChI=1S/C9H17N3/c1-2-6-5-8(6)9(12-10)11-7-3-4-7/h6-8H,2-5,10H2,1H3,(H,11,12)/t6-,8-/m1/s1. The summed E-state index contributed by atoms with van der Waals surface area (Å²) in [6, 6.07) is 0.592. The lowest BCUT2D eigenvalue weighted by molar-refractivity contribution is 0.751. The average molecular weight is 167 g/mol. The molecule has 0 saturated heterocycles. The average Bonchev–Trinajstić information content (AvgIpc) is 2.95. The lowest BCUT2D eigenvalue weighted by Gasteiger charge is -2.03. The number of amidine groups is 1. The highest BCUT2D eigenvalue weighted by Gasteiger charge is 2.40. The Bertz CT molecular complexity index is 196. The van der Waals surface area contributed by atoms with Crippen molar-refractivity contribution in [1.82, 2.24) is 5.43 Å². The van der Waals surface area contributed by atoms with E-state index >= 15 is 0 Å². The molecular weight excluding hydrogens is 150 g/mol. The van der Waals surface area contributed by atoms with Crippen LogP contribution in [0.1, 0.15) is 32.6 Å². The Morgan fingerprint density at radius 2 is 2.33 bits per heavy atom. The van der Waals surface area contributed by atoms with Gasteiger partial charge in [0.15, 0.2) is 0 Å². The van der Waals surface area contributed by atoms with Gasteiger partial charge in [0.05, 0.1) is 6.04 Å². The molecule has 0 aromatic rings. The molecule has 12 heavy (non-hydrogen) atoms. The first-order chi connectivity index (χ1) is 5.85. The van der Waals surface area contributed by atoms with Gasteiger partial charge in [0, 0.05) is 5.92 Å². The molecule has 0 aromatic heterocycles. The van der Waals surface area contributed by atoms with Crippen molar-refractivity contribution in [2.24, 2.45) is 22.7 Å². The van der Waals surface area contributed by atoms with E-state index in [0.717, 1.165) is 11.8 Å². The fraction of sp³-hybridized carbons (Fsp3) is 0.889. The van der Waals surface area contributed by atoms with Crippen molar-refractivity contribution < 1.29 is 0 Å². The molecule has 68 valence electrons. The highest BCUT2D eigenvalue weighted by Crippen LogP contribution is 2.42. The quantitative estimate of drug-likeness (QED) is 0.286. The summed E-state index contributed by atoms with van der Waals surface area (Å²) in [4.78, 5) is 4.55. The largest absolute Gasteiger partial charge is 0.312 e. The normalized spacial score (nSPS) is 35.0. The summed E-state index contributed by atoms with van der Waals surface area (Å²) in [7, 11) is 0. The van der Waals surface area contributed by atoms with Gasteiger partial charge < -0.3 is 5.43 Å². The number of aliphatic imine (C=N–C) groups is 1. The molecular formula is C9H17N3. The van der Waals surface area contributed by atoms with Gasteiger partial charge in [0.25, 0.3) is 0 Å². The van der Waals surface area contributed by atoms with E-state index in [2.05, 4.69) is 17.3 Å². The predicted octanol–water partition coefficient (Wildman–Crippen LogP) is 1.06. The molecule has 0 amide bonds. The van der Waals surface area contributed by atoms with Crippen LogP contribution >= 0.6 is 0 Å². The lowest BCUT2D eigenvalue weighted by atomic mass is 10.2. The lowest BCUT2D eigenvalue weighted by Crippen LogP contribution is -2.32. The number of hydrazine groups is 1. The predicted molar refractivity (Wildman–Crippen MR) is 49.7 cm³/mol. The third-order valence-electron chi connectivity index (χ3n) is 2.81. The Labute approximate surface area is 73.4 Å². The first-order valence-electron chi connectivity index (χ1n) is 4.89. The van der Waals surface area contributed by atoms with Crippen LogP contribution in [0.4, 0.5) is 0 Å². The van der Waals surface area contributed by atoms with Gasteiger partial charge in [-0.05, 0) is 25.2 Å². The van der Waals surface area contributed by atoms with Crippen LogP contribution in [-0.4, -0.2) is 11.9 Å². The summed E-state index contributed by atoms with van der Waals surface area (Å²) >= 11 is 0. The SMILES string of the molecule is CC[C@@H]1C[C@H]1C(=NC1CC1)NN. The van der Waals surface area contributed by atoms with Crippen molar-refractivity contribution in [2.45, 2.75) is 38.6 Å². The molecule has 0 spiro atoms. The molecule has 0 unspecified atom stereocenters. The number of rotatable bonds is 3. The number of hydrogen-bond donors (Lipinski definition) is 2. The fourth-order valence-electron chi connectivity index (χ4n) is 1.67. The summed E-state index contributed by atoms with van der Waals surface area (Å²) in [6.45, 7) is 2.23. The molecule has 0 bridgehead atoms. The molecule has 3 heteroatoms. The second kappa shape index (κ2) is 3.05. The van der Waals surface area contributed by atoms with Crippen molar-refractivity contribution >= 4 is 5.84 Å². The molecule has 2 fully saturated rings. The Morgan fingerprint density at radius 1 is 1.58 bits per heavy atom. The van der Waals surface area contributed by atoms with E-state index in [1.54, 1.807) is 0 Å². The minimum absolute atomic E-state index is 0.592. The van der Waals surface area contributed by atoms with Gasteiger partial charge in [-0.15, -0.1) is 0 Å². The first kappa shape index (κ1) is 8.05. The van der Waals surface area contributed by atoms with Crippen LogP contribution in [0.2, 0.25) is 0 Å². The van der Waals surface area contributed by atoms with Crippen molar-refractivity contribution in [2.75, 3.05) is 0 Å². The number of nitrogens with one attached hydrogen (secondary N) is 1. The van der Waals surface area contributed by atoms with Crippen molar-refractivity contribution in [3.8, 4) is 0 Å². The zero-order valence-corrected chi connectivity index (χ0v) is 7.59. The van der Waals surface area contributed by atoms with Gasteiger partial charge >= 0.3 is 0 Å². The van der Waals surface area contributed by atoms with Crippen LogP contribution in [-0.2, 0) is 0 Å². The van der Waals surface area contributed by atoms with Crippen LogP contribution in [0.3, 0.4) is 0 Å². The van der Waals surface area contributed by atoms with E-state index < -0.39 is 0 Å². The minimum Gasteiger partial charge on any atom is -0.312 e. The highest BCUT2D eigenvalue weighted by atomic mass is 15.3.